The van der Waals surface area contributed by atoms with Crippen molar-refractivity contribution in [2.45, 2.75) is 19.3 Å². The molecule has 1 aromatic carbocycles. The third-order valence-corrected chi connectivity index (χ3v) is 4.85. The number of ether oxygens (including phenoxy) is 1. The van der Waals surface area contributed by atoms with E-state index in [4.69, 9.17) is 4.74 Å². The van der Waals surface area contributed by atoms with Gasteiger partial charge >= 0.3 is 5.97 Å². The van der Waals surface area contributed by atoms with Gasteiger partial charge in [-0.1, -0.05) is 15.9 Å². The number of carbonyl (C=O) groups is 1. The first-order valence-electron chi connectivity index (χ1n) is 8.41. The van der Waals surface area contributed by atoms with E-state index in [0.29, 0.717) is 0 Å². The summed E-state index contributed by atoms with van der Waals surface area (Å²) in [5.74, 6) is -0.917. The van der Waals surface area contributed by atoms with E-state index in [0.717, 1.165) is 41.9 Å². The molecule has 1 heterocycles. The minimum absolute atomic E-state index is 0.00597. The second kappa shape index (κ2) is 9.15. The monoisotopic (exact) mass is 413 g/mol. The molecule has 1 aliphatic rings. The van der Waals surface area contributed by atoms with Crippen LogP contribution in [-0.4, -0.2) is 62.2 Å². The number of hydrogen-bond donors (Lipinski definition) is 0. The first kappa shape index (κ1) is 19.7. The number of piperazine rings is 1. The molecular formula is C17H24BrN3O4. The first-order valence-corrected chi connectivity index (χ1v) is 9.20. The lowest BCUT2D eigenvalue weighted by molar-refractivity contribution is -0.483. The van der Waals surface area contributed by atoms with Gasteiger partial charge in [-0.05, 0) is 37.7 Å². The minimum atomic E-state index is -0.513. The van der Waals surface area contributed by atoms with E-state index in [9.17, 15) is 14.9 Å². The van der Waals surface area contributed by atoms with Gasteiger partial charge in [-0.3, -0.25) is 14.9 Å². The van der Waals surface area contributed by atoms with Gasteiger partial charge in [-0.25, -0.2) is 0 Å². The quantitative estimate of drug-likeness (QED) is 0.388. The maximum absolute atomic E-state index is 11.9. The van der Waals surface area contributed by atoms with Crippen molar-refractivity contribution in [1.29, 1.82) is 0 Å². The zero-order valence-corrected chi connectivity index (χ0v) is 16.2. The van der Waals surface area contributed by atoms with E-state index in [1.807, 2.05) is 18.2 Å². The van der Waals surface area contributed by atoms with Gasteiger partial charge in [0.25, 0.3) is 0 Å². The van der Waals surface area contributed by atoms with E-state index in [-0.39, 0.29) is 24.5 Å². The van der Waals surface area contributed by atoms with Crippen molar-refractivity contribution < 1.29 is 14.5 Å². The minimum Gasteiger partial charge on any atom is -0.466 e. The summed E-state index contributed by atoms with van der Waals surface area (Å²) in [4.78, 5) is 27.2. The van der Waals surface area contributed by atoms with Gasteiger partial charge in [-0.2, -0.15) is 0 Å². The van der Waals surface area contributed by atoms with Gasteiger partial charge < -0.3 is 14.5 Å². The van der Waals surface area contributed by atoms with Gasteiger partial charge in [0.2, 0.25) is 6.54 Å². The van der Waals surface area contributed by atoms with Crippen LogP contribution >= 0.6 is 15.9 Å². The molecule has 8 heteroatoms. The van der Waals surface area contributed by atoms with Crippen LogP contribution in [0.2, 0.25) is 0 Å². The van der Waals surface area contributed by atoms with Crippen LogP contribution < -0.4 is 4.90 Å². The SMILES string of the molecule is CCOC(=O)CC(C[N+](=O)[O-])c1cc(Br)ccc1N1CCN(C)CC1. The van der Waals surface area contributed by atoms with Crippen LogP contribution in [0.15, 0.2) is 22.7 Å². The van der Waals surface area contributed by atoms with Crippen LogP contribution in [0, 0.1) is 10.1 Å². The number of nitro groups is 1. The summed E-state index contributed by atoms with van der Waals surface area (Å²) in [7, 11) is 2.08. The van der Waals surface area contributed by atoms with E-state index in [1.165, 1.54) is 0 Å². The van der Waals surface area contributed by atoms with Crippen molar-refractivity contribution in [2.75, 3.05) is 51.3 Å². The lowest BCUT2D eigenvalue weighted by Crippen LogP contribution is -2.45. The fraction of sp³-hybridized carbons (Fsp3) is 0.588. The molecule has 25 heavy (non-hydrogen) atoms. The van der Waals surface area contributed by atoms with Crippen molar-refractivity contribution in [2.24, 2.45) is 0 Å². The molecule has 0 aromatic heterocycles. The van der Waals surface area contributed by atoms with Gasteiger partial charge in [0.1, 0.15) is 0 Å². The summed E-state index contributed by atoms with van der Waals surface area (Å²) in [5.41, 5.74) is 1.79. The molecule has 0 radical (unpaired) electrons. The predicted molar refractivity (Wildman–Crippen MR) is 99.7 cm³/mol. The number of halogens is 1. The summed E-state index contributed by atoms with van der Waals surface area (Å²) < 4.78 is 5.86. The molecule has 1 fully saturated rings. The molecule has 0 saturated carbocycles. The molecular weight excluding hydrogens is 390 g/mol. The lowest BCUT2D eigenvalue weighted by Gasteiger charge is -2.36. The number of anilines is 1. The number of likely N-dealkylation sites (N-methyl/N-ethyl adjacent to an activating group) is 1. The lowest BCUT2D eigenvalue weighted by atomic mass is 9.93. The highest BCUT2D eigenvalue weighted by Crippen LogP contribution is 2.33. The molecule has 1 atom stereocenters. The molecule has 7 nitrogen and oxygen atoms in total. The second-order valence-corrected chi connectivity index (χ2v) is 7.13. The zero-order valence-electron chi connectivity index (χ0n) is 14.6. The number of esters is 1. The topological polar surface area (TPSA) is 75.9 Å². The number of rotatable bonds is 7. The van der Waals surface area contributed by atoms with Gasteiger partial charge in [0, 0.05) is 41.3 Å². The fourth-order valence-corrected chi connectivity index (χ4v) is 3.44. The van der Waals surface area contributed by atoms with Crippen molar-refractivity contribution in [3.05, 3.63) is 38.3 Å². The van der Waals surface area contributed by atoms with Gasteiger partial charge in [0.15, 0.2) is 0 Å². The summed E-state index contributed by atoms with van der Waals surface area (Å²) in [6.45, 7) is 5.30. The van der Waals surface area contributed by atoms with Crippen LogP contribution in [0.25, 0.3) is 0 Å². The molecule has 1 saturated heterocycles. The molecule has 0 bridgehead atoms. The summed E-state index contributed by atoms with van der Waals surface area (Å²) in [6, 6.07) is 5.80. The number of nitrogens with zero attached hydrogens (tertiary/aromatic N) is 3. The van der Waals surface area contributed by atoms with Gasteiger partial charge in [0.05, 0.1) is 18.9 Å². The maximum Gasteiger partial charge on any atom is 0.306 e. The molecule has 0 spiro atoms. The largest absolute Gasteiger partial charge is 0.466 e. The number of carbonyl (C=O) groups excluding carboxylic acids is 1. The fourth-order valence-electron chi connectivity index (χ4n) is 3.06. The average molecular weight is 414 g/mol. The molecule has 1 aliphatic heterocycles. The van der Waals surface area contributed by atoms with Crippen molar-refractivity contribution >= 4 is 27.6 Å². The maximum atomic E-state index is 11.9. The van der Waals surface area contributed by atoms with E-state index in [1.54, 1.807) is 6.92 Å². The van der Waals surface area contributed by atoms with E-state index < -0.39 is 11.9 Å². The van der Waals surface area contributed by atoms with Crippen molar-refractivity contribution in [3.63, 3.8) is 0 Å². The Balaban J connectivity index is 2.32. The third-order valence-electron chi connectivity index (χ3n) is 4.36. The smallest absolute Gasteiger partial charge is 0.306 e. The normalized spacial score (nSPS) is 16.5. The second-order valence-electron chi connectivity index (χ2n) is 6.21. The summed E-state index contributed by atoms with van der Waals surface area (Å²) in [5, 5.41) is 11.2. The van der Waals surface area contributed by atoms with Crippen LogP contribution in [-0.2, 0) is 9.53 Å². The van der Waals surface area contributed by atoms with Gasteiger partial charge in [-0.15, -0.1) is 0 Å². The Labute approximate surface area is 156 Å². The Morgan fingerprint density at radius 2 is 2.04 bits per heavy atom. The highest BCUT2D eigenvalue weighted by Gasteiger charge is 2.27. The Hall–Kier alpha value is -1.67. The molecule has 1 unspecified atom stereocenters. The van der Waals surface area contributed by atoms with Crippen molar-refractivity contribution in [1.82, 2.24) is 4.90 Å². The standard InChI is InChI=1S/C17H24BrN3O4/c1-3-25-17(22)10-13(12-21(23)24)15-11-14(18)4-5-16(15)20-8-6-19(2)7-9-20/h4-5,11,13H,3,6-10,12H2,1-2H3. The summed E-state index contributed by atoms with van der Waals surface area (Å²) >= 11 is 3.45. The molecule has 138 valence electrons. The highest BCUT2D eigenvalue weighted by molar-refractivity contribution is 9.10. The molecule has 0 N–H and O–H groups in total. The molecule has 0 aliphatic carbocycles. The Bertz CT molecular complexity index is 618. The molecule has 2 rings (SSSR count). The highest BCUT2D eigenvalue weighted by atomic mass is 79.9. The molecule has 0 amide bonds. The number of benzene rings is 1. The molecule has 1 aromatic rings. The van der Waals surface area contributed by atoms with Crippen LogP contribution in [0.3, 0.4) is 0 Å². The number of hydrogen-bond acceptors (Lipinski definition) is 6. The van der Waals surface area contributed by atoms with E-state index >= 15 is 0 Å². The van der Waals surface area contributed by atoms with Crippen LogP contribution in [0.1, 0.15) is 24.8 Å². The van der Waals surface area contributed by atoms with E-state index in [2.05, 4.69) is 32.8 Å². The predicted octanol–water partition coefficient (Wildman–Crippen LogP) is 2.51. The Morgan fingerprint density at radius 1 is 1.36 bits per heavy atom. The van der Waals surface area contributed by atoms with Crippen LogP contribution in [0.5, 0.6) is 0 Å². The Morgan fingerprint density at radius 3 is 2.64 bits per heavy atom. The third kappa shape index (κ3) is 5.67. The van der Waals surface area contributed by atoms with Crippen molar-refractivity contribution in [3.8, 4) is 0 Å². The first-order chi connectivity index (χ1) is 11.9. The van der Waals surface area contributed by atoms with Crippen LogP contribution in [0.4, 0.5) is 5.69 Å². The Kier molecular flexibility index (Phi) is 7.19. The summed E-state index contributed by atoms with van der Waals surface area (Å²) in [6.07, 6.45) is 0.00597. The zero-order chi connectivity index (χ0) is 18.4. The average Bonchev–Trinajstić information content (AvgIpc) is 2.55.